The summed E-state index contributed by atoms with van der Waals surface area (Å²) in [5.41, 5.74) is 8.67. The number of phenolic OH excluding ortho intramolecular Hbond substituents is 1. The largest absolute Gasteiger partial charge is 0.508 e. The molecule has 3 nitrogen and oxygen atoms in total. The Balaban J connectivity index is 1.63. The quantitative estimate of drug-likeness (QED) is 0.708. The number of nitrogens with two attached hydrogens (primary N) is 1. The number of anilines is 1. The molecule has 4 heteroatoms. The molecule has 1 aromatic heterocycles. The van der Waals surface area contributed by atoms with Gasteiger partial charge in [0.25, 0.3) is 0 Å². The van der Waals surface area contributed by atoms with Crippen molar-refractivity contribution in [3.63, 3.8) is 0 Å². The molecule has 0 spiro atoms. The Morgan fingerprint density at radius 2 is 1.95 bits per heavy atom. The highest BCUT2D eigenvalue weighted by molar-refractivity contribution is 7.19. The molecule has 0 saturated heterocycles. The van der Waals surface area contributed by atoms with E-state index in [0.717, 1.165) is 33.8 Å². The first-order chi connectivity index (χ1) is 10.2. The summed E-state index contributed by atoms with van der Waals surface area (Å²) in [7, 11) is 0. The van der Waals surface area contributed by atoms with Crippen molar-refractivity contribution in [2.75, 3.05) is 5.73 Å². The molecule has 3 N–H and O–H groups in total. The van der Waals surface area contributed by atoms with Gasteiger partial charge in [-0.25, -0.2) is 4.98 Å². The van der Waals surface area contributed by atoms with E-state index >= 15 is 0 Å². The highest BCUT2D eigenvalue weighted by atomic mass is 32.1. The Bertz CT molecular complexity index is 775. The molecule has 0 amide bonds. The number of phenols is 1. The number of nitrogens with zero attached hydrogens (tertiary/aromatic N) is 1. The lowest BCUT2D eigenvalue weighted by Gasteiger charge is -1.98. The first-order valence-electron chi connectivity index (χ1n) is 6.81. The number of thiazole rings is 1. The number of hydrogen-bond donors (Lipinski definition) is 2. The van der Waals surface area contributed by atoms with Gasteiger partial charge in [-0.1, -0.05) is 18.2 Å². The first-order valence-corrected chi connectivity index (χ1v) is 7.63. The lowest BCUT2D eigenvalue weighted by molar-refractivity contribution is 0.476. The zero-order chi connectivity index (χ0) is 14.7. The van der Waals surface area contributed by atoms with Crippen molar-refractivity contribution in [2.45, 2.75) is 12.8 Å². The van der Waals surface area contributed by atoms with E-state index in [4.69, 9.17) is 5.73 Å². The maximum Gasteiger partial charge on any atom is 0.117 e. The van der Waals surface area contributed by atoms with Gasteiger partial charge < -0.3 is 10.8 Å². The maximum absolute atomic E-state index is 9.45. The Hall–Kier alpha value is -2.33. The van der Waals surface area contributed by atoms with Gasteiger partial charge in [0.15, 0.2) is 0 Å². The van der Waals surface area contributed by atoms with Crippen LogP contribution in [0.1, 0.15) is 17.0 Å². The van der Waals surface area contributed by atoms with E-state index in [1.54, 1.807) is 23.5 Å². The van der Waals surface area contributed by atoms with Gasteiger partial charge in [-0.05, 0) is 54.8 Å². The Morgan fingerprint density at radius 3 is 2.76 bits per heavy atom. The van der Waals surface area contributed by atoms with E-state index < -0.39 is 0 Å². The van der Waals surface area contributed by atoms with Gasteiger partial charge in [0.05, 0.1) is 10.2 Å². The van der Waals surface area contributed by atoms with Crippen molar-refractivity contribution in [3.05, 3.63) is 59.1 Å². The van der Waals surface area contributed by atoms with Crippen LogP contribution in [0.25, 0.3) is 16.3 Å². The van der Waals surface area contributed by atoms with Crippen molar-refractivity contribution < 1.29 is 5.11 Å². The predicted octanol–water partition coefficient (Wildman–Crippen LogP) is 4.23. The van der Waals surface area contributed by atoms with E-state index in [0.29, 0.717) is 0 Å². The number of rotatable bonds is 4. The van der Waals surface area contributed by atoms with Crippen LogP contribution in [0.5, 0.6) is 5.75 Å². The third-order valence-corrected chi connectivity index (χ3v) is 4.21. The number of aryl methyl sites for hydroxylation is 1. The van der Waals surface area contributed by atoms with Gasteiger partial charge >= 0.3 is 0 Å². The Labute approximate surface area is 127 Å². The third-order valence-electron chi connectivity index (χ3n) is 3.23. The summed E-state index contributed by atoms with van der Waals surface area (Å²) in [4.78, 5) is 4.51. The lowest BCUT2D eigenvalue weighted by atomic mass is 10.1. The van der Waals surface area contributed by atoms with E-state index in [-0.39, 0.29) is 5.75 Å². The molecule has 0 fully saturated rings. The van der Waals surface area contributed by atoms with Gasteiger partial charge in [-0.2, -0.15) is 0 Å². The maximum atomic E-state index is 9.45. The van der Waals surface area contributed by atoms with Crippen molar-refractivity contribution in [2.24, 2.45) is 0 Å². The topological polar surface area (TPSA) is 59.1 Å². The number of hydrogen-bond acceptors (Lipinski definition) is 4. The van der Waals surface area contributed by atoms with Gasteiger partial charge in [0.1, 0.15) is 10.8 Å². The summed E-state index contributed by atoms with van der Waals surface area (Å²) in [6, 6.07) is 13.2. The number of aromatic nitrogens is 1. The number of fused-ring (bicyclic) bond motifs is 1. The summed E-state index contributed by atoms with van der Waals surface area (Å²) < 4.78 is 1.01. The standard InChI is InChI=1S/C17H16N2OS/c18-13-7-5-12(6-8-13)3-1-2-4-17-19-15-10-9-14(20)11-16(15)21-17/h2,4-11,20H,1,3,18H2/b4-2+. The fraction of sp³-hybridized carbons (Fsp3) is 0.118. The van der Waals surface area contributed by atoms with Gasteiger partial charge in [0.2, 0.25) is 0 Å². The Kier molecular flexibility index (Phi) is 3.88. The molecule has 0 saturated carbocycles. The van der Waals surface area contributed by atoms with Crippen LogP contribution in [0.15, 0.2) is 48.5 Å². The molecule has 0 bridgehead atoms. The van der Waals surface area contributed by atoms with Crippen LogP contribution in [-0.4, -0.2) is 10.1 Å². The summed E-state index contributed by atoms with van der Waals surface area (Å²) in [5, 5.41) is 10.4. The van der Waals surface area contributed by atoms with Crippen molar-refractivity contribution in [3.8, 4) is 5.75 Å². The fourth-order valence-electron chi connectivity index (χ4n) is 2.12. The lowest BCUT2D eigenvalue weighted by Crippen LogP contribution is -1.86. The fourth-order valence-corrected chi connectivity index (χ4v) is 3.05. The molecule has 3 aromatic rings. The third kappa shape index (κ3) is 3.41. The van der Waals surface area contributed by atoms with Gasteiger partial charge in [-0.3, -0.25) is 0 Å². The second-order valence-electron chi connectivity index (χ2n) is 4.89. The zero-order valence-electron chi connectivity index (χ0n) is 11.5. The molecule has 0 aliphatic heterocycles. The summed E-state index contributed by atoms with van der Waals surface area (Å²) >= 11 is 1.59. The van der Waals surface area contributed by atoms with Crippen molar-refractivity contribution in [1.82, 2.24) is 4.98 Å². The van der Waals surface area contributed by atoms with Crippen molar-refractivity contribution in [1.29, 1.82) is 0 Å². The van der Waals surface area contributed by atoms with Crippen LogP contribution in [0.3, 0.4) is 0 Å². The molecule has 2 aromatic carbocycles. The molecule has 0 unspecified atom stereocenters. The molecule has 21 heavy (non-hydrogen) atoms. The molecule has 1 heterocycles. The van der Waals surface area contributed by atoms with E-state index in [1.165, 1.54) is 5.56 Å². The molecule has 0 radical (unpaired) electrons. The molecule has 3 rings (SSSR count). The summed E-state index contributed by atoms with van der Waals surface area (Å²) in [6.07, 6.45) is 6.13. The number of nitrogen functional groups attached to an aromatic ring is 1. The number of aromatic hydroxyl groups is 1. The van der Waals surface area contributed by atoms with E-state index in [1.807, 2.05) is 24.3 Å². The molecule has 0 atom stereocenters. The van der Waals surface area contributed by atoms with Crippen molar-refractivity contribution >= 4 is 33.3 Å². The second-order valence-corrected chi connectivity index (χ2v) is 5.95. The molecule has 0 aliphatic carbocycles. The van der Waals surface area contributed by atoms with Crippen LogP contribution in [-0.2, 0) is 6.42 Å². The van der Waals surface area contributed by atoms with E-state index in [2.05, 4.69) is 23.2 Å². The average Bonchev–Trinajstić information content (AvgIpc) is 2.87. The summed E-state index contributed by atoms with van der Waals surface area (Å²) in [5.74, 6) is 0.282. The van der Waals surface area contributed by atoms with Crippen LogP contribution in [0, 0.1) is 0 Å². The summed E-state index contributed by atoms with van der Waals surface area (Å²) in [6.45, 7) is 0. The van der Waals surface area contributed by atoms with E-state index in [9.17, 15) is 5.11 Å². The molecular weight excluding hydrogens is 280 g/mol. The normalized spacial score (nSPS) is 11.4. The van der Waals surface area contributed by atoms with Crippen LogP contribution < -0.4 is 5.73 Å². The molecular formula is C17H16N2OS. The number of allylic oxidation sites excluding steroid dienone is 1. The minimum absolute atomic E-state index is 0.282. The molecule has 0 aliphatic rings. The molecule has 106 valence electrons. The van der Waals surface area contributed by atoms with Crippen LogP contribution >= 0.6 is 11.3 Å². The smallest absolute Gasteiger partial charge is 0.117 e. The number of benzene rings is 2. The minimum Gasteiger partial charge on any atom is -0.508 e. The second kappa shape index (κ2) is 5.97. The zero-order valence-corrected chi connectivity index (χ0v) is 12.3. The predicted molar refractivity (Wildman–Crippen MR) is 89.5 cm³/mol. The monoisotopic (exact) mass is 296 g/mol. The van der Waals surface area contributed by atoms with Gasteiger partial charge in [-0.15, -0.1) is 11.3 Å². The SMILES string of the molecule is Nc1ccc(CC/C=C/c2nc3ccc(O)cc3s2)cc1. The van der Waals surface area contributed by atoms with Gasteiger partial charge in [0, 0.05) is 5.69 Å². The highest BCUT2D eigenvalue weighted by Crippen LogP contribution is 2.26. The Morgan fingerprint density at radius 1 is 1.14 bits per heavy atom. The highest BCUT2D eigenvalue weighted by Gasteiger charge is 2.01. The first kappa shape index (κ1) is 13.6. The van der Waals surface area contributed by atoms with Crippen LogP contribution in [0.4, 0.5) is 5.69 Å². The van der Waals surface area contributed by atoms with Crippen LogP contribution in [0.2, 0.25) is 0 Å². The minimum atomic E-state index is 0.282. The average molecular weight is 296 g/mol.